The van der Waals surface area contributed by atoms with Gasteiger partial charge in [-0.25, -0.2) is 18.4 Å². The smallest absolute Gasteiger partial charge is 0.257 e. The van der Waals surface area contributed by atoms with E-state index in [4.69, 9.17) is 9.47 Å². The lowest BCUT2D eigenvalue weighted by molar-refractivity contribution is -0.134. The van der Waals surface area contributed by atoms with Gasteiger partial charge in [0, 0.05) is 63.9 Å². The van der Waals surface area contributed by atoms with Crippen molar-refractivity contribution < 1.29 is 27.8 Å². The van der Waals surface area contributed by atoms with Crippen molar-refractivity contribution in [1.29, 1.82) is 0 Å². The number of halogens is 2. The molecule has 5 heterocycles. The van der Waals surface area contributed by atoms with Crippen molar-refractivity contribution in [2.45, 2.75) is 69.5 Å². The van der Waals surface area contributed by atoms with Crippen molar-refractivity contribution in [3.63, 3.8) is 0 Å². The highest BCUT2D eigenvalue weighted by Crippen LogP contribution is 2.35. The Hall–Kier alpha value is -3.97. The van der Waals surface area contributed by atoms with E-state index in [0.717, 1.165) is 24.9 Å². The maximum Gasteiger partial charge on any atom is 0.257 e. The Morgan fingerprint density at radius 2 is 1.72 bits per heavy atom. The van der Waals surface area contributed by atoms with Gasteiger partial charge in [-0.2, -0.15) is 0 Å². The summed E-state index contributed by atoms with van der Waals surface area (Å²) in [5.74, 6) is -2.75. The van der Waals surface area contributed by atoms with Crippen molar-refractivity contribution >= 4 is 11.8 Å². The van der Waals surface area contributed by atoms with Crippen molar-refractivity contribution in [2.24, 2.45) is 5.92 Å². The largest absolute Gasteiger partial charge is 0.475 e. The molecular weight excluding hydrogens is 608 g/mol. The average molecular weight is 652 g/mol. The van der Waals surface area contributed by atoms with Gasteiger partial charge in [0.2, 0.25) is 17.7 Å². The van der Waals surface area contributed by atoms with Crippen molar-refractivity contribution in [1.82, 2.24) is 35.1 Å². The number of alkyl halides is 2. The molecule has 7 rings (SSSR count). The van der Waals surface area contributed by atoms with E-state index in [2.05, 4.69) is 25.5 Å². The first-order valence-electron chi connectivity index (χ1n) is 16.6. The molecular formula is C34H43F2N7O4. The molecule has 11 nitrogen and oxygen atoms in total. The molecule has 2 bridgehead atoms. The number of benzene rings is 1. The molecule has 1 aromatic carbocycles. The van der Waals surface area contributed by atoms with E-state index >= 15 is 0 Å². The van der Waals surface area contributed by atoms with Crippen molar-refractivity contribution in [3.8, 4) is 5.88 Å². The summed E-state index contributed by atoms with van der Waals surface area (Å²) < 4.78 is 41.4. The fraction of sp³-hybridized carbons (Fsp3) is 0.559. The first-order valence-corrected chi connectivity index (χ1v) is 16.6. The number of carbonyl (C=O) groups is 2. The van der Waals surface area contributed by atoms with Gasteiger partial charge in [0.1, 0.15) is 18.2 Å². The van der Waals surface area contributed by atoms with Crippen LogP contribution in [-0.4, -0.2) is 106 Å². The Morgan fingerprint density at radius 3 is 2.51 bits per heavy atom. The van der Waals surface area contributed by atoms with Crippen molar-refractivity contribution in [3.05, 3.63) is 71.7 Å². The molecule has 1 saturated heterocycles. The molecule has 252 valence electrons. The Morgan fingerprint density at radius 1 is 0.936 bits per heavy atom. The molecule has 1 N–H and O–H groups in total. The molecule has 2 aromatic heterocycles. The number of ether oxygens (including phenoxy) is 2. The number of nitrogens with one attached hydrogen (secondary N) is 1. The number of pyridine rings is 1. The van der Waals surface area contributed by atoms with E-state index in [0.29, 0.717) is 57.2 Å². The predicted molar refractivity (Wildman–Crippen MR) is 169 cm³/mol. The van der Waals surface area contributed by atoms with Gasteiger partial charge < -0.3 is 19.7 Å². The van der Waals surface area contributed by atoms with Gasteiger partial charge >= 0.3 is 0 Å². The second-order valence-corrected chi connectivity index (χ2v) is 12.8. The van der Waals surface area contributed by atoms with Crippen LogP contribution in [-0.2, 0) is 22.5 Å². The Kier molecular flexibility index (Phi) is 10.7. The molecule has 1 aliphatic carbocycles. The molecule has 4 aliphatic rings. The zero-order chi connectivity index (χ0) is 32.6. The van der Waals surface area contributed by atoms with Crippen LogP contribution in [0.25, 0.3) is 0 Å². The lowest BCUT2D eigenvalue weighted by atomic mass is 9.89. The molecule has 3 aromatic rings. The highest BCUT2D eigenvalue weighted by Gasteiger charge is 2.38. The van der Waals surface area contributed by atoms with E-state index in [1.807, 2.05) is 35.2 Å². The van der Waals surface area contributed by atoms with Crippen molar-refractivity contribution in [2.75, 3.05) is 46.0 Å². The number of carbonyl (C=O) groups excluding carboxylic acids is 2. The number of rotatable bonds is 5. The minimum atomic E-state index is -2.58. The highest BCUT2D eigenvalue weighted by atomic mass is 19.3. The molecule has 0 radical (unpaired) electrons. The zero-order valence-electron chi connectivity index (χ0n) is 26.6. The van der Waals surface area contributed by atoms with E-state index in [-0.39, 0.29) is 55.9 Å². The summed E-state index contributed by atoms with van der Waals surface area (Å²) >= 11 is 0. The molecule has 13 heteroatoms. The van der Waals surface area contributed by atoms with Gasteiger partial charge in [0.05, 0.1) is 25.5 Å². The molecule has 1 saturated carbocycles. The van der Waals surface area contributed by atoms with Crippen LogP contribution in [0.2, 0.25) is 0 Å². The van der Waals surface area contributed by atoms with Crippen LogP contribution in [0.1, 0.15) is 60.1 Å². The number of nitrogens with zero attached hydrogens (tertiary/aromatic N) is 6. The minimum Gasteiger partial charge on any atom is -0.475 e. The molecule has 2 fully saturated rings. The fourth-order valence-electron chi connectivity index (χ4n) is 6.79. The van der Waals surface area contributed by atoms with Crippen LogP contribution in [0.5, 0.6) is 5.88 Å². The average Bonchev–Trinajstić information content (AvgIpc) is 3.52. The topological polar surface area (TPSA) is 115 Å². The van der Waals surface area contributed by atoms with Gasteiger partial charge in [-0.3, -0.25) is 14.5 Å². The molecule has 3 aliphatic heterocycles. The first kappa shape index (κ1) is 33.0. The maximum atomic E-state index is 14.0. The SMILES string of the molecule is O=C1N[C@H](Cc2cn(Cc3ccccc3)nn2)C(=O)N2CCC(CC2)CN(C2CCC(F)(F)CC2)CCOCCOc2ncccc21. The zero-order valence-corrected chi connectivity index (χ0v) is 26.6. The van der Waals surface area contributed by atoms with Gasteiger partial charge in [-0.05, 0) is 49.3 Å². The summed E-state index contributed by atoms with van der Waals surface area (Å²) in [6, 6.07) is 12.4. The standard InChI is InChI=1S/C34H43F2N7O4/c35-34(36)12-8-28(9-13-34)42-17-18-46-19-20-47-32-29(7-4-14-37-32)31(44)38-30(33(45)41-15-10-26(22-42)11-16-41)21-27-24-43(40-39-27)23-25-5-2-1-3-6-25/h1-7,14,24,26,28,30H,8-13,15-23H2,(H,38,44)/t30-/m1/s1. The Balaban J connectivity index is 1.19. The molecule has 1 atom stereocenters. The predicted octanol–water partition coefficient (Wildman–Crippen LogP) is 3.59. The number of aromatic nitrogens is 4. The van der Waals surface area contributed by atoms with E-state index in [1.165, 1.54) is 0 Å². The molecule has 47 heavy (non-hydrogen) atoms. The summed E-state index contributed by atoms with van der Waals surface area (Å²) in [7, 11) is 0. The van der Waals surface area contributed by atoms with Crippen LogP contribution >= 0.6 is 0 Å². The lowest BCUT2D eigenvalue weighted by Gasteiger charge is -2.41. The van der Waals surface area contributed by atoms with E-state index < -0.39 is 17.9 Å². The minimum absolute atomic E-state index is 0.0880. The van der Waals surface area contributed by atoms with Gasteiger partial charge in [-0.15, -0.1) is 5.10 Å². The van der Waals surface area contributed by atoms with E-state index in [1.54, 1.807) is 29.2 Å². The molecule has 0 unspecified atom stereocenters. The fourth-order valence-corrected chi connectivity index (χ4v) is 6.79. The third-order valence-electron chi connectivity index (χ3n) is 9.42. The third-order valence-corrected chi connectivity index (χ3v) is 9.42. The molecule has 2 amide bonds. The van der Waals surface area contributed by atoms with Gasteiger partial charge in [-0.1, -0.05) is 35.5 Å². The summed E-state index contributed by atoms with van der Waals surface area (Å²) in [6.45, 7) is 3.95. The molecule has 0 spiro atoms. The van der Waals surface area contributed by atoms with Crippen LogP contribution in [0.4, 0.5) is 8.78 Å². The summed E-state index contributed by atoms with van der Waals surface area (Å²) in [5.41, 5.74) is 1.88. The third kappa shape index (κ3) is 8.89. The lowest BCUT2D eigenvalue weighted by Crippen LogP contribution is -2.53. The van der Waals surface area contributed by atoms with Crippen LogP contribution in [0.15, 0.2) is 54.9 Å². The first-order chi connectivity index (χ1) is 22.8. The number of piperidine rings is 1. The summed E-state index contributed by atoms with van der Waals surface area (Å²) in [5, 5.41) is 11.5. The van der Waals surface area contributed by atoms with Crippen LogP contribution < -0.4 is 10.1 Å². The van der Waals surface area contributed by atoms with Crippen LogP contribution in [0.3, 0.4) is 0 Å². The second kappa shape index (κ2) is 15.3. The van der Waals surface area contributed by atoms with Gasteiger partial charge in [0.25, 0.3) is 5.91 Å². The van der Waals surface area contributed by atoms with Crippen LogP contribution in [0, 0.1) is 5.92 Å². The number of fused-ring (bicyclic) bond motifs is 12. The highest BCUT2D eigenvalue weighted by molar-refractivity contribution is 5.99. The summed E-state index contributed by atoms with van der Waals surface area (Å²) in [4.78, 5) is 36.0. The summed E-state index contributed by atoms with van der Waals surface area (Å²) in [6.07, 6.45) is 5.86. The maximum absolute atomic E-state index is 14.0. The Labute approximate surface area is 273 Å². The van der Waals surface area contributed by atoms with E-state index in [9.17, 15) is 18.4 Å². The second-order valence-electron chi connectivity index (χ2n) is 12.8. The number of hydrogen-bond donors (Lipinski definition) is 1. The number of amides is 2. The quantitative estimate of drug-likeness (QED) is 0.417. The van der Waals surface area contributed by atoms with Gasteiger partial charge in [0.15, 0.2) is 0 Å². The number of hydrogen-bond acceptors (Lipinski definition) is 8. The normalized spacial score (nSPS) is 22.6. The Bertz CT molecular complexity index is 1470. The monoisotopic (exact) mass is 651 g/mol.